The molecule has 0 unspecified atom stereocenters. The number of carbonyl (C=O) groups excluding carboxylic acids is 2. The van der Waals surface area contributed by atoms with Crippen LogP contribution in [0.3, 0.4) is 0 Å². The van der Waals surface area contributed by atoms with Crippen molar-refractivity contribution in [3.8, 4) is 33.8 Å². The predicted molar refractivity (Wildman–Crippen MR) is 285 cm³/mol. The molecule has 5 aromatic heterocycles. The van der Waals surface area contributed by atoms with Crippen molar-refractivity contribution in [3.63, 3.8) is 0 Å². The first-order chi connectivity index (χ1) is 39.2. The molecular formula is C59H40ClF13N6O4. The number of alkyl halides is 9. The van der Waals surface area contributed by atoms with Gasteiger partial charge in [-0.05, 0) is 151 Å². The van der Waals surface area contributed by atoms with Crippen molar-refractivity contribution >= 4 is 50.8 Å². The van der Waals surface area contributed by atoms with Crippen molar-refractivity contribution in [2.24, 2.45) is 0 Å². The van der Waals surface area contributed by atoms with Crippen LogP contribution < -0.4 is 11.1 Å². The Morgan fingerprint density at radius 2 is 0.988 bits per heavy atom. The van der Waals surface area contributed by atoms with E-state index in [2.05, 4.69) is 5.32 Å². The van der Waals surface area contributed by atoms with Gasteiger partial charge in [0.25, 0.3) is 16.8 Å². The van der Waals surface area contributed by atoms with E-state index in [1.807, 2.05) is 0 Å². The zero-order valence-electron chi connectivity index (χ0n) is 42.4. The molecule has 0 spiro atoms. The van der Waals surface area contributed by atoms with Crippen molar-refractivity contribution in [2.45, 2.75) is 44.3 Å². The summed E-state index contributed by atoms with van der Waals surface area (Å²) in [5.41, 5.74) is 6.09. The van der Waals surface area contributed by atoms with E-state index in [0.29, 0.717) is 46.5 Å². The lowest BCUT2D eigenvalue weighted by atomic mass is 10.1. The third-order valence-corrected chi connectivity index (χ3v) is 13.0. The van der Waals surface area contributed by atoms with Crippen LogP contribution in [0.15, 0.2) is 176 Å². The van der Waals surface area contributed by atoms with Crippen LogP contribution in [-0.2, 0) is 31.5 Å². The summed E-state index contributed by atoms with van der Waals surface area (Å²) in [7, 11) is 0. The molecule has 11 rings (SSSR count). The highest BCUT2D eigenvalue weighted by Gasteiger charge is 2.39. The number of nitrogen functional groups attached to an aromatic ring is 1. The number of fused-ring (bicyclic) bond motifs is 3. The van der Waals surface area contributed by atoms with Gasteiger partial charge in [0.2, 0.25) is 0 Å². The fourth-order valence-corrected chi connectivity index (χ4v) is 9.21. The Hall–Kier alpha value is -9.38. The number of amides is 1. The molecule has 0 radical (unpaired) electrons. The Balaban J connectivity index is 0.000000152. The highest BCUT2D eigenvalue weighted by atomic mass is 35.5. The number of hydrogen-bond donors (Lipinski definition) is 2. The summed E-state index contributed by atoms with van der Waals surface area (Å²) >= 11 is 4.93. The van der Waals surface area contributed by atoms with Gasteiger partial charge in [-0.1, -0.05) is 48.5 Å². The molecule has 1 aliphatic rings. The third kappa shape index (κ3) is 13.5. The van der Waals surface area contributed by atoms with Gasteiger partial charge in [-0.15, -0.1) is 0 Å². The summed E-state index contributed by atoms with van der Waals surface area (Å²) in [6, 6.07) is 37.1. The average molecular weight is 1180 g/mol. The molecule has 83 heavy (non-hydrogen) atoms. The van der Waals surface area contributed by atoms with Crippen molar-refractivity contribution in [2.75, 3.05) is 11.1 Å². The highest BCUT2D eigenvalue weighted by Crippen LogP contribution is 2.43. The lowest BCUT2D eigenvalue weighted by Crippen LogP contribution is -2.14. The Labute approximate surface area is 466 Å². The molecule has 10 nitrogen and oxygen atoms in total. The second-order valence-corrected chi connectivity index (χ2v) is 18.6. The minimum absolute atomic E-state index is 0.0296. The first kappa shape index (κ1) is 59.7. The molecule has 0 aliphatic carbocycles. The number of nitrogens with two attached hydrogens (primary N) is 1. The summed E-state index contributed by atoms with van der Waals surface area (Å²) in [4.78, 5) is 32.6. The maximum atomic E-state index is 13.8. The fraction of sp³-hybridized carbons (Fsp3) is 0.119. The number of pyridine rings is 2. The predicted octanol–water partition coefficient (Wildman–Crippen LogP) is 17.1. The normalized spacial score (nSPS) is 12.3. The van der Waals surface area contributed by atoms with Gasteiger partial charge >= 0.3 is 18.5 Å². The van der Waals surface area contributed by atoms with Crippen LogP contribution in [0.4, 0.5) is 74.1 Å². The molecule has 1 aliphatic heterocycles. The molecule has 0 bridgehead atoms. The highest BCUT2D eigenvalue weighted by molar-refractivity contribution is 6.67. The number of benzene rings is 5. The number of nitrogens with zero attached hydrogens (tertiary/aromatic N) is 4. The van der Waals surface area contributed by atoms with Gasteiger partial charge in [-0.3, -0.25) is 19.7 Å². The van der Waals surface area contributed by atoms with Crippen molar-refractivity contribution < 1.29 is 71.6 Å². The van der Waals surface area contributed by atoms with Crippen LogP contribution in [0.5, 0.6) is 0 Å². The van der Waals surface area contributed by atoms with Gasteiger partial charge in [0, 0.05) is 59.2 Å². The quantitative estimate of drug-likeness (QED) is 0.0540. The van der Waals surface area contributed by atoms with E-state index in [0.717, 1.165) is 49.2 Å². The zero-order chi connectivity index (χ0) is 60.1. The largest absolute Gasteiger partial charge is 0.418 e. The molecule has 6 heterocycles. The SMILES string of the molecule is Nc1ccc(-c2c(C(F)(F)F)cc3ccccn23)cc1.O=C(Cl)c1cccc(F)c1F.O=C(Nc1ccc(-c2c(C(F)(F)F)cc3n2CCCC3)cc1)c1cccc(F)c1F.O=[N+]([O-])c1ccc(-c2c(C(F)(F)F)cc3ccccn23)cc1. The van der Waals surface area contributed by atoms with E-state index < -0.39 is 85.7 Å². The zero-order valence-corrected chi connectivity index (χ0v) is 43.1. The Kier molecular flexibility index (Phi) is 17.5. The van der Waals surface area contributed by atoms with Crippen molar-refractivity contribution in [1.29, 1.82) is 0 Å². The maximum Gasteiger partial charge on any atom is 0.418 e. The summed E-state index contributed by atoms with van der Waals surface area (Å²) < 4.78 is 177. The molecule has 24 heteroatoms. The van der Waals surface area contributed by atoms with Crippen molar-refractivity contribution in [3.05, 3.63) is 243 Å². The van der Waals surface area contributed by atoms with Gasteiger partial charge in [0.05, 0.1) is 49.8 Å². The number of nitro benzene ring substituents is 1. The molecular weight excluding hydrogens is 1140 g/mol. The number of nitro groups is 1. The van der Waals surface area contributed by atoms with Gasteiger partial charge in [-0.25, -0.2) is 17.6 Å². The summed E-state index contributed by atoms with van der Waals surface area (Å²) in [5.74, 6) is -5.53. The number of carbonyl (C=O) groups is 2. The smallest absolute Gasteiger partial charge is 0.399 e. The lowest BCUT2D eigenvalue weighted by molar-refractivity contribution is -0.384. The van der Waals surface area contributed by atoms with Crippen LogP contribution in [-0.4, -0.2) is 29.4 Å². The minimum Gasteiger partial charge on any atom is -0.399 e. The topological polar surface area (TPSA) is 129 Å². The number of halogens is 14. The van der Waals surface area contributed by atoms with Gasteiger partial charge in [0.15, 0.2) is 23.3 Å². The third-order valence-electron chi connectivity index (χ3n) is 12.8. The molecule has 10 aromatic rings. The van der Waals surface area contributed by atoms with Gasteiger partial charge in [-0.2, -0.15) is 39.5 Å². The van der Waals surface area contributed by atoms with Crippen LogP contribution in [0.1, 0.15) is 55.9 Å². The molecule has 428 valence electrons. The van der Waals surface area contributed by atoms with E-state index in [-0.39, 0.29) is 34.0 Å². The summed E-state index contributed by atoms with van der Waals surface area (Å²) in [6.45, 7) is 0.512. The molecule has 3 N–H and O–H groups in total. The first-order valence-corrected chi connectivity index (χ1v) is 24.8. The monoisotopic (exact) mass is 1180 g/mol. The van der Waals surface area contributed by atoms with Crippen LogP contribution >= 0.6 is 11.6 Å². The van der Waals surface area contributed by atoms with Gasteiger partial charge < -0.3 is 24.4 Å². The lowest BCUT2D eigenvalue weighted by Gasteiger charge is -2.19. The average Bonchev–Trinajstić information content (AvgIpc) is 2.66. The number of anilines is 2. The van der Waals surface area contributed by atoms with Crippen LogP contribution in [0.2, 0.25) is 0 Å². The molecule has 1 amide bonds. The molecule has 0 fully saturated rings. The van der Waals surface area contributed by atoms with Gasteiger partial charge in [0.1, 0.15) is 0 Å². The Bertz CT molecular complexity index is 4000. The van der Waals surface area contributed by atoms with Crippen LogP contribution in [0.25, 0.3) is 44.8 Å². The Morgan fingerprint density at radius 1 is 0.542 bits per heavy atom. The molecule has 0 atom stereocenters. The number of hydrogen-bond acceptors (Lipinski definition) is 5. The number of non-ortho nitro benzene ring substituents is 1. The van der Waals surface area contributed by atoms with E-state index in [9.17, 15) is 76.8 Å². The second-order valence-electron chi connectivity index (χ2n) is 18.2. The number of aromatic nitrogens is 3. The standard InChI is InChI=1S/C22H17F5N2O.C15H9F3N2O2.C15H11F3N2.C7H3ClF2O/c23-18-6-3-5-16(19(18)24)21(30)28-14-9-7-13(8-10-14)20-17(22(25,26)27)12-15-4-1-2-11-29(15)20;16-15(17,18)13-9-12-3-1-2-8-19(12)14(13)10-4-6-11(7-5-10)20(21)22;16-15(17,18)13-9-12-3-1-2-8-20(12)14(13)10-4-6-11(19)7-5-10;8-7(11)4-2-1-3-5(9)6(4)10/h3,5-10,12H,1-2,4,11H2,(H,28,30);1-9H;1-9H,19H2;1-3H. The number of nitrogens with one attached hydrogen (secondary N) is 1. The molecule has 5 aromatic carbocycles. The van der Waals surface area contributed by atoms with E-state index in [1.54, 1.807) is 71.4 Å². The first-order valence-electron chi connectivity index (χ1n) is 24.5. The number of rotatable bonds is 7. The second kappa shape index (κ2) is 24.4. The van der Waals surface area contributed by atoms with E-state index >= 15 is 0 Å². The minimum atomic E-state index is -4.51. The fourth-order valence-electron chi connectivity index (χ4n) is 9.06. The molecule has 0 saturated heterocycles. The van der Waals surface area contributed by atoms with Crippen LogP contribution in [0, 0.1) is 33.4 Å². The maximum absolute atomic E-state index is 13.8. The van der Waals surface area contributed by atoms with E-state index in [1.165, 1.54) is 81.7 Å². The Morgan fingerprint density at radius 3 is 1.46 bits per heavy atom. The summed E-state index contributed by atoms with van der Waals surface area (Å²) in [5, 5.41) is 12.1. The summed E-state index contributed by atoms with van der Waals surface area (Å²) in [6.07, 6.45) is -8.00. The molecule has 0 saturated carbocycles. The van der Waals surface area contributed by atoms with Crippen molar-refractivity contribution in [1.82, 2.24) is 13.4 Å². The number of aryl methyl sites for hydroxylation is 1. The van der Waals surface area contributed by atoms with E-state index in [4.69, 9.17) is 17.3 Å².